The van der Waals surface area contributed by atoms with Crippen LogP contribution >= 0.6 is 0 Å². The van der Waals surface area contributed by atoms with Crippen LogP contribution in [0.25, 0.3) is 0 Å². The summed E-state index contributed by atoms with van der Waals surface area (Å²) in [6, 6.07) is 8.79. The topological polar surface area (TPSA) is 49.8 Å². The van der Waals surface area contributed by atoms with Crippen molar-refractivity contribution >= 4 is 5.97 Å². The maximum atomic E-state index is 11.3. The second kappa shape index (κ2) is 6.16. The van der Waals surface area contributed by atoms with Crippen LogP contribution < -0.4 is 0 Å². The van der Waals surface area contributed by atoms with Crippen molar-refractivity contribution in [2.24, 2.45) is 5.92 Å². The molecule has 4 nitrogen and oxygen atoms in total. The highest BCUT2D eigenvalue weighted by Gasteiger charge is 2.37. The normalized spacial score (nSPS) is 25.4. The molecule has 0 bridgehead atoms. The Hall–Kier alpha value is -1.39. The number of nitrogens with zero attached hydrogens (tertiary/aromatic N) is 1. The van der Waals surface area contributed by atoms with E-state index in [1.54, 1.807) is 0 Å². The summed E-state index contributed by atoms with van der Waals surface area (Å²) in [6.45, 7) is 4.55. The number of ether oxygens (including phenoxy) is 1. The average molecular weight is 289 g/mol. The number of carboxylic acids is 1. The fourth-order valence-corrected chi connectivity index (χ4v) is 3.15. The molecular weight excluding hydrogens is 266 g/mol. The summed E-state index contributed by atoms with van der Waals surface area (Å²) in [5.74, 6) is -0.378. The first kappa shape index (κ1) is 14.5. The number of hydrogen-bond donors (Lipinski definition) is 1. The molecule has 2 aliphatic rings. The molecule has 0 amide bonds. The molecule has 1 aliphatic heterocycles. The molecule has 1 aromatic carbocycles. The molecule has 1 heterocycles. The Kier molecular flexibility index (Phi) is 4.27. The number of rotatable bonds is 6. The lowest BCUT2D eigenvalue weighted by molar-refractivity contribution is -0.143. The van der Waals surface area contributed by atoms with Crippen molar-refractivity contribution in [3.05, 3.63) is 35.4 Å². The fourth-order valence-electron chi connectivity index (χ4n) is 3.15. The van der Waals surface area contributed by atoms with Crippen molar-refractivity contribution in [2.45, 2.75) is 38.3 Å². The number of aliphatic carboxylic acids is 1. The van der Waals surface area contributed by atoms with Crippen LogP contribution in [0.4, 0.5) is 0 Å². The van der Waals surface area contributed by atoms with Gasteiger partial charge in [-0.25, -0.2) is 0 Å². The van der Waals surface area contributed by atoms with Crippen LogP contribution in [0, 0.1) is 5.92 Å². The SMILES string of the molecule is CCN(Cc1ccc(C2CC2)cc1)C1COCC1C(=O)O. The van der Waals surface area contributed by atoms with Gasteiger partial charge in [-0.15, -0.1) is 0 Å². The zero-order chi connectivity index (χ0) is 14.8. The van der Waals surface area contributed by atoms with Crippen molar-refractivity contribution in [1.82, 2.24) is 4.90 Å². The third-order valence-electron chi connectivity index (χ3n) is 4.66. The van der Waals surface area contributed by atoms with Crippen LogP contribution in [0.3, 0.4) is 0 Å². The van der Waals surface area contributed by atoms with Crippen LogP contribution in [-0.4, -0.2) is 41.8 Å². The van der Waals surface area contributed by atoms with Crippen LogP contribution in [0.1, 0.15) is 36.8 Å². The first-order valence-corrected chi connectivity index (χ1v) is 7.82. The molecule has 21 heavy (non-hydrogen) atoms. The minimum Gasteiger partial charge on any atom is -0.481 e. The predicted octanol–water partition coefficient (Wildman–Crippen LogP) is 2.49. The Morgan fingerprint density at radius 1 is 1.29 bits per heavy atom. The van der Waals surface area contributed by atoms with Crippen LogP contribution in [0.5, 0.6) is 0 Å². The number of benzene rings is 1. The first-order valence-electron chi connectivity index (χ1n) is 7.82. The van der Waals surface area contributed by atoms with Crippen LogP contribution in [0.15, 0.2) is 24.3 Å². The summed E-state index contributed by atoms with van der Waals surface area (Å²) in [5.41, 5.74) is 2.69. The van der Waals surface area contributed by atoms with Gasteiger partial charge in [-0.05, 0) is 36.4 Å². The largest absolute Gasteiger partial charge is 0.481 e. The minimum atomic E-state index is -0.750. The van der Waals surface area contributed by atoms with E-state index in [-0.39, 0.29) is 6.04 Å². The number of likely N-dealkylation sites (N-methyl/N-ethyl adjacent to an activating group) is 1. The Bertz CT molecular complexity index is 495. The quantitative estimate of drug-likeness (QED) is 0.874. The lowest BCUT2D eigenvalue weighted by atomic mass is 10.0. The second-order valence-electron chi connectivity index (χ2n) is 6.13. The van der Waals surface area contributed by atoms with E-state index < -0.39 is 11.9 Å². The molecule has 3 rings (SSSR count). The number of carbonyl (C=O) groups is 1. The molecule has 114 valence electrons. The number of hydrogen-bond acceptors (Lipinski definition) is 3. The molecular formula is C17H23NO3. The Labute approximate surface area is 125 Å². The summed E-state index contributed by atoms with van der Waals surface area (Å²) in [6.07, 6.45) is 2.64. The van der Waals surface area contributed by atoms with Gasteiger partial charge in [0.2, 0.25) is 0 Å². The van der Waals surface area contributed by atoms with E-state index >= 15 is 0 Å². The Morgan fingerprint density at radius 2 is 2.00 bits per heavy atom. The minimum absolute atomic E-state index is 0.0180. The zero-order valence-electron chi connectivity index (χ0n) is 12.5. The molecule has 0 spiro atoms. The van der Waals surface area contributed by atoms with Crippen molar-refractivity contribution in [3.63, 3.8) is 0 Å². The third kappa shape index (κ3) is 3.27. The van der Waals surface area contributed by atoms with Crippen molar-refractivity contribution in [2.75, 3.05) is 19.8 Å². The maximum absolute atomic E-state index is 11.3. The summed E-state index contributed by atoms with van der Waals surface area (Å²) < 4.78 is 5.39. The van der Waals surface area contributed by atoms with Gasteiger partial charge in [-0.3, -0.25) is 9.69 Å². The average Bonchev–Trinajstić information content (AvgIpc) is 3.22. The highest BCUT2D eigenvalue weighted by molar-refractivity contribution is 5.71. The van der Waals surface area contributed by atoms with Crippen molar-refractivity contribution < 1.29 is 14.6 Å². The molecule has 0 aromatic heterocycles. The summed E-state index contributed by atoms with van der Waals surface area (Å²) in [7, 11) is 0. The van der Waals surface area contributed by atoms with Gasteiger partial charge in [0.25, 0.3) is 0 Å². The highest BCUT2D eigenvalue weighted by atomic mass is 16.5. The third-order valence-corrected chi connectivity index (χ3v) is 4.66. The van der Waals surface area contributed by atoms with E-state index in [1.807, 2.05) is 0 Å². The Balaban J connectivity index is 1.67. The lowest BCUT2D eigenvalue weighted by Gasteiger charge is -2.29. The van der Waals surface area contributed by atoms with Crippen molar-refractivity contribution in [3.8, 4) is 0 Å². The van der Waals surface area contributed by atoms with E-state index in [2.05, 4.69) is 36.1 Å². The molecule has 0 radical (unpaired) electrons. The fraction of sp³-hybridized carbons (Fsp3) is 0.588. The van der Waals surface area contributed by atoms with E-state index in [0.29, 0.717) is 13.2 Å². The highest BCUT2D eigenvalue weighted by Crippen LogP contribution is 2.40. The monoisotopic (exact) mass is 289 g/mol. The van der Waals surface area contributed by atoms with Crippen molar-refractivity contribution in [1.29, 1.82) is 0 Å². The Morgan fingerprint density at radius 3 is 2.57 bits per heavy atom. The van der Waals surface area contributed by atoms with E-state index in [0.717, 1.165) is 19.0 Å². The molecule has 1 aromatic rings. The zero-order valence-corrected chi connectivity index (χ0v) is 12.5. The maximum Gasteiger partial charge on any atom is 0.310 e. The summed E-state index contributed by atoms with van der Waals surface area (Å²) in [4.78, 5) is 13.5. The van der Waals surface area contributed by atoms with E-state index in [9.17, 15) is 9.90 Å². The summed E-state index contributed by atoms with van der Waals surface area (Å²) in [5, 5.41) is 9.29. The van der Waals surface area contributed by atoms with Gasteiger partial charge in [0.1, 0.15) is 0 Å². The molecule has 1 N–H and O–H groups in total. The second-order valence-corrected chi connectivity index (χ2v) is 6.13. The van der Waals surface area contributed by atoms with Crippen LogP contribution in [0.2, 0.25) is 0 Å². The summed E-state index contributed by atoms with van der Waals surface area (Å²) >= 11 is 0. The van der Waals surface area contributed by atoms with Gasteiger partial charge in [0.05, 0.1) is 19.1 Å². The van der Waals surface area contributed by atoms with Gasteiger partial charge >= 0.3 is 5.97 Å². The van der Waals surface area contributed by atoms with E-state index in [1.165, 1.54) is 24.0 Å². The van der Waals surface area contributed by atoms with Gasteiger partial charge < -0.3 is 9.84 Å². The molecule has 4 heteroatoms. The van der Waals surface area contributed by atoms with Gasteiger partial charge in [-0.2, -0.15) is 0 Å². The molecule has 1 saturated carbocycles. The molecule has 2 atom stereocenters. The molecule has 1 saturated heterocycles. The van der Waals surface area contributed by atoms with Gasteiger partial charge in [0, 0.05) is 12.6 Å². The molecule has 2 fully saturated rings. The van der Waals surface area contributed by atoms with Crippen LogP contribution in [-0.2, 0) is 16.1 Å². The smallest absolute Gasteiger partial charge is 0.310 e. The van der Waals surface area contributed by atoms with Gasteiger partial charge in [0.15, 0.2) is 0 Å². The number of carboxylic acid groups (broad SMARTS) is 1. The standard InChI is InChI=1S/C17H23NO3/c1-2-18(16-11-21-10-15(16)17(19)20)9-12-3-5-13(6-4-12)14-7-8-14/h3-6,14-16H,2,7-11H2,1H3,(H,19,20). The lowest BCUT2D eigenvalue weighted by Crippen LogP contribution is -2.42. The molecule has 2 unspecified atom stereocenters. The van der Waals surface area contributed by atoms with Gasteiger partial charge in [-0.1, -0.05) is 31.2 Å². The predicted molar refractivity (Wildman–Crippen MR) is 80.2 cm³/mol. The first-order chi connectivity index (χ1) is 10.2. The molecule has 1 aliphatic carbocycles. The van der Waals surface area contributed by atoms with E-state index in [4.69, 9.17) is 4.74 Å².